The molecule has 0 saturated carbocycles. The molecule has 5 nitrogen and oxygen atoms in total. The van der Waals surface area contributed by atoms with Gasteiger partial charge in [-0.15, -0.1) is 6.42 Å². The van der Waals surface area contributed by atoms with Gasteiger partial charge in [-0.3, -0.25) is 4.79 Å². The third kappa shape index (κ3) is 5.40. The van der Waals surface area contributed by atoms with Gasteiger partial charge in [0.05, 0.1) is 17.4 Å². The summed E-state index contributed by atoms with van der Waals surface area (Å²) in [5.74, 6) is 2.64. The van der Waals surface area contributed by atoms with Gasteiger partial charge < -0.3 is 9.13 Å². The number of benzene rings is 2. The fourth-order valence-corrected chi connectivity index (χ4v) is 4.23. The minimum atomic E-state index is -0.0893. The zero-order valence-electron chi connectivity index (χ0n) is 18.6. The molecule has 168 valence electrons. The van der Waals surface area contributed by atoms with E-state index in [-0.39, 0.29) is 5.56 Å². The lowest BCUT2D eigenvalue weighted by Crippen LogP contribution is -2.16. The van der Waals surface area contributed by atoms with Crippen molar-refractivity contribution in [3.63, 3.8) is 0 Å². The highest BCUT2D eigenvalue weighted by atomic mass is 35.5. The van der Waals surface area contributed by atoms with Gasteiger partial charge in [-0.25, -0.2) is 9.97 Å². The molecule has 0 spiro atoms. The molecule has 0 aliphatic carbocycles. The van der Waals surface area contributed by atoms with E-state index in [1.165, 1.54) is 0 Å². The number of nitrogens with zero attached hydrogens (tertiary/aromatic N) is 4. The van der Waals surface area contributed by atoms with E-state index in [4.69, 9.17) is 23.0 Å². The highest BCUT2D eigenvalue weighted by molar-refractivity contribution is 7.99. The summed E-state index contributed by atoms with van der Waals surface area (Å²) in [6.45, 7) is 0. The molecule has 34 heavy (non-hydrogen) atoms. The van der Waals surface area contributed by atoms with Crippen LogP contribution in [0.15, 0.2) is 100 Å². The summed E-state index contributed by atoms with van der Waals surface area (Å²) >= 11 is 7.51. The molecule has 7 heteroatoms. The van der Waals surface area contributed by atoms with Crippen LogP contribution < -0.4 is 5.56 Å². The van der Waals surface area contributed by atoms with Crippen molar-refractivity contribution in [1.82, 2.24) is 19.1 Å². The highest BCUT2D eigenvalue weighted by Crippen LogP contribution is 2.31. The van der Waals surface area contributed by atoms with E-state index in [0.29, 0.717) is 5.02 Å². The first kappa shape index (κ1) is 23.4. The zero-order chi connectivity index (χ0) is 24.1. The van der Waals surface area contributed by atoms with E-state index in [0.717, 1.165) is 37.6 Å². The largest absolute Gasteiger partial charge is 0.341 e. The number of aryl methyl sites for hydroxylation is 2. The predicted molar refractivity (Wildman–Crippen MR) is 139 cm³/mol. The first-order valence-corrected chi connectivity index (χ1v) is 11.6. The van der Waals surface area contributed by atoms with Crippen LogP contribution in [0.2, 0.25) is 5.02 Å². The Balaban J connectivity index is 0.000000398. The molecule has 0 fully saturated rings. The fraction of sp³-hybridized carbons (Fsp3) is 0.0741. The lowest BCUT2D eigenvalue weighted by molar-refractivity contribution is 0.901. The SMILES string of the molecule is C#Cc1cccc(-c2cc(=O)n(C)c3ccc(Sc4ccc(Cl)cc4)nc23)c1.Cn1ccnc1. The monoisotopic (exact) mass is 484 g/mol. The van der Waals surface area contributed by atoms with Gasteiger partial charge >= 0.3 is 0 Å². The number of halogens is 1. The summed E-state index contributed by atoms with van der Waals surface area (Å²) in [5, 5.41) is 1.53. The van der Waals surface area contributed by atoms with Crippen LogP contribution in [0.25, 0.3) is 22.2 Å². The number of imidazole rings is 1. The normalized spacial score (nSPS) is 10.4. The highest BCUT2D eigenvalue weighted by Gasteiger charge is 2.12. The Morgan fingerprint density at radius 2 is 1.82 bits per heavy atom. The van der Waals surface area contributed by atoms with Gasteiger partial charge in [0.25, 0.3) is 5.56 Å². The molecule has 0 unspecified atom stereocenters. The molecular weight excluding hydrogens is 464 g/mol. The van der Waals surface area contributed by atoms with Crippen molar-refractivity contribution in [2.45, 2.75) is 9.92 Å². The summed E-state index contributed by atoms with van der Waals surface area (Å²) in [6, 6.07) is 20.7. The summed E-state index contributed by atoms with van der Waals surface area (Å²) < 4.78 is 3.49. The number of terminal acetylenes is 1. The van der Waals surface area contributed by atoms with Gasteiger partial charge in [-0.05, 0) is 54.1 Å². The smallest absolute Gasteiger partial charge is 0.251 e. The summed E-state index contributed by atoms with van der Waals surface area (Å²) in [7, 11) is 3.69. The second-order valence-corrected chi connectivity index (χ2v) is 9.01. The molecule has 5 aromatic rings. The Kier molecular flexibility index (Phi) is 7.17. The molecule has 3 aromatic heterocycles. The Morgan fingerprint density at radius 1 is 1.03 bits per heavy atom. The standard InChI is InChI=1S/C23H15ClN2OS.C4H6N2/c1-3-15-5-4-6-16(13-15)19-14-22(27)26(2)20-11-12-21(25-23(19)20)28-18-9-7-17(24)8-10-18;1-6-3-2-5-4-6/h1,4-14H,2H3;2-4H,1H3. The number of hydrogen-bond donors (Lipinski definition) is 0. The molecule has 0 saturated heterocycles. The van der Waals surface area contributed by atoms with Crippen molar-refractivity contribution in [2.24, 2.45) is 14.1 Å². The van der Waals surface area contributed by atoms with Crippen molar-refractivity contribution < 1.29 is 0 Å². The van der Waals surface area contributed by atoms with Gasteiger partial charge in [0.2, 0.25) is 0 Å². The molecule has 0 N–H and O–H groups in total. The van der Waals surface area contributed by atoms with Crippen LogP contribution in [0.3, 0.4) is 0 Å². The number of rotatable bonds is 3. The van der Waals surface area contributed by atoms with Crippen molar-refractivity contribution in [1.29, 1.82) is 0 Å². The van der Waals surface area contributed by atoms with Crippen molar-refractivity contribution in [3.05, 3.63) is 106 Å². The predicted octanol–water partition coefficient (Wildman–Crippen LogP) is 5.81. The summed E-state index contributed by atoms with van der Waals surface area (Å²) in [4.78, 5) is 22.1. The van der Waals surface area contributed by atoms with E-state index in [1.54, 1.807) is 42.0 Å². The van der Waals surface area contributed by atoms with Gasteiger partial charge in [-0.2, -0.15) is 0 Å². The van der Waals surface area contributed by atoms with E-state index in [1.807, 2.05) is 78.5 Å². The molecule has 5 rings (SSSR count). The maximum Gasteiger partial charge on any atom is 0.251 e. The van der Waals surface area contributed by atoms with Gasteiger partial charge in [0.15, 0.2) is 0 Å². The molecule has 3 heterocycles. The van der Waals surface area contributed by atoms with Gasteiger partial charge in [0, 0.05) is 53.6 Å². The van der Waals surface area contributed by atoms with Crippen LogP contribution in [0.4, 0.5) is 0 Å². The van der Waals surface area contributed by atoms with Crippen molar-refractivity contribution in [2.75, 3.05) is 0 Å². The van der Waals surface area contributed by atoms with Crippen LogP contribution in [0.1, 0.15) is 5.56 Å². The lowest BCUT2D eigenvalue weighted by atomic mass is 10.0. The second kappa shape index (κ2) is 10.4. The molecular formula is C27H21ClN4OS. The van der Waals surface area contributed by atoms with Crippen LogP contribution >= 0.6 is 23.4 Å². The quantitative estimate of drug-likeness (QED) is 0.303. The van der Waals surface area contributed by atoms with E-state index < -0.39 is 0 Å². The third-order valence-corrected chi connectivity index (χ3v) is 6.27. The maximum atomic E-state index is 12.5. The van der Waals surface area contributed by atoms with Gasteiger partial charge in [-0.1, -0.05) is 41.4 Å². The van der Waals surface area contributed by atoms with E-state index in [2.05, 4.69) is 10.9 Å². The zero-order valence-corrected chi connectivity index (χ0v) is 20.2. The summed E-state index contributed by atoms with van der Waals surface area (Å²) in [6.07, 6.45) is 10.9. The van der Waals surface area contributed by atoms with E-state index >= 15 is 0 Å². The molecule has 0 amide bonds. The Hall–Kier alpha value is -3.79. The second-order valence-electron chi connectivity index (χ2n) is 7.48. The Bertz CT molecular complexity index is 1530. The number of pyridine rings is 2. The van der Waals surface area contributed by atoms with Gasteiger partial charge in [0.1, 0.15) is 5.03 Å². The van der Waals surface area contributed by atoms with Crippen LogP contribution in [0.5, 0.6) is 0 Å². The molecule has 0 aliphatic heterocycles. The Morgan fingerprint density at radius 3 is 2.47 bits per heavy atom. The first-order chi connectivity index (χ1) is 16.4. The molecule has 0 aliphatic rings. The third-order valence-electron chi connectivity index (χ3n) is 5.08. The topological polar surface area (TPSA) is 52.7 Å². The Labute approximate surface area is 207 Å². The first-order valence-electron chi connectivity index (χ1n) is 10.4. The van der Waals surface area contributed by atoms with E-state index in [9.17, 15) is 4.79 Å². The van der Waals surface area contributed by atoms with Crippen LogP contribution in [-0.4, -0.2) is 19.1 Å². The maximum absolute atomic E-state index is 12.5. The average Bonchev–Trinajstić information content (AvgIpc) is 3.34. The van der Waals surface area contributed by atoms with Crippen LogP contribution in [0, 0.1) is 12.3 Å². The number of fused-ring (bicyclic) bond motifs is 1. The molecule has 0 atom stereocenters. The lowest BCUT2D eigenvalue weighted by Gasteiger charge is -2.11. The number of hydrogen-bond acceptors (Lipinski definition) is 4. The fourth-order valence-electron chi connectivity index (χ4n) is 3.31. The van der Waals surface area contributed by atoms with Crippen molar-refractivity contribution in [3.8, 4) is 23.5 Å². The average molecular weight is 485 g/mol. The van der Waals surface area contributed by atoms with Crippen molar-refractivity contribution >= 4 is 34.4 Å². The molecule has 0 bridgehead atoms. The molecule has 2 aromatic carbocycles. The molecule has 0 radical (unpaired) electrons. The number of aromatic nitrogens is 4. The minimum absolute atomic E-state index is 0.0893. The summed E-state index contributed by atoms with van der Waals surface area (Å²) in [5.41, 5.74) is 3.85. The minimum Gasteiger partial charge on any atom is -0.341 e. The van der Waals surface area contributed by atoms with Crippen LogP contribution in [-0.2, 0) is 14.1 Å².